The van der Waals surface area contributed by atoms with Crippen molar-refractivity contribution in [2.45, 2.75) is 24.4 Å². The quantitative estimate of drug-likeness (QED) is 0.248. The number of hydrogen-bond donors (Lipinski definition) is 3. The molecule has 0 radical (unpaired) electrons. The first-order valence-corrected chi connectivity index (χ1v) is 10.0. The van der Waals surface area contributed by atoms with E-state index in [4.69, 9.17) is 19.6 Å². The van der Waals surface area contributed by atoms with Gasteiger partial charge < -0.3 is 30.0 Å². The average Bonchev–Trinajstić information content (AvgIpc) is 3.23. The molecule has 1 aromatic rings. The molecule has 4 N–H and O–H groups in total. The topological polar surface area (TPSA) is 178 Å². The zero-order valence-corrected chi connectivity index (χ0v) is 17.1. The van der Waals surface area contributed by atoms with Crippen LogP contribution >= 0.6 is 11.8 Å². The third-order valence-corrected chi connectivity index (χ3v) is 5.82. The molecule has 2 aliphatic rings. The number of nitrogens with one attached hydrogen (secondary N) is 1. The monoisotopic (exact) mass is 453 g/mol. The minimum Gasteiger partial charge on any atom is -0.477 e. The maximum absolute atomic E-state index is 13.1. The minimum absolute atomic E-state index is 0.0549. The molecule has 0 saturated carbocycles. The zero-order chi connectivity index (χ0) is 22.8. The number of carboxylic acids is 1. The lowest BCUT2D eigenvalue weighted by Crippen LogP contribution is -2.81. The van der Waals surface area contributed by atoms with Gasteiger partial charge in [0.25, 0.3) is 11.6 Å². The first-order chi connectivity index (χ1) is 14.7. The summed E-state index contributed by atoms with van der Waals surface area (Å²) >= 11 is 1.04. The highest BCUT2D eigenvalue weighted by atomic mass is 32.2. The van der Waals surface area contributed by atoms with E-state index >= 15 is 0 Å². The van der Waals surface area contributed by atoms with Gasteiger partial charge in [-0.25, -0.2) is 4.79 Å². The number of nitrogens with two attached hydrogens (primary N) is 1. The molecule has 31 heavy (non-hydrogen) atoms. The number of rotatable bonds is 8. The molecule has 0 aromatic carbocycles. The Labute approximate surface area is 179 Å². The number of thioether (sulfide) groups is 1. The molecule has 0 aliphatic carbocycles. The van der Waals surface area contributed by atoms with Crippen LogP contribution in [0, 0.1) is 0 Å². The second-order valence-electron chi connectivity index (χ2n) is 6.59. The Morgan fingerprint density at radius 3 is 2.74 bits per heavy atom. The summed E-state index contributed by atoms with van der Waals surface area (Å²) < 4.78 is 15.2. The van der Waals surface area contributed by atoms with Crippen molar-refractivity contribution in [1.82, 2.24) is 10.2 Å². The van der Waals surface area contributed by atoms with Crippen LogP contribution in [0.4, 0.5) is 0 Å². The second-order valence-corrected chi connectivity index (χ2v) is 7.66. The van der Waals surface area contributed by atoms with E-state index in [-0.39, 0.29) is 24.4 Å². The van der Waals surface area contributed by atoms with E-state index in [1.807, 2.05) is 0 Å². The molecule has 3 heterocycles. The Morgan fingerprint density at radius 2 is 2.16 bits per heavy atom. The van der Waals surface area contributed by atoms with E-state index < -0.39 is 53.1 Å². The maximum atomic E-state index is 13.1. The highest BCUT2D eigenvalue weighted by Crippen LogP contribution is 2.47. The molecular formula is C18H19N3O9S. The number of hydrogen-bond acceptors (Lipinski definition) is 10. The molecule has 3 rings (SSSR count). The Bertz CT molecular complexity index is 958. The summed E-state index contributed by atoms with van der Waals surface area (Å²) in [6, 6.07) is 3.13. The summed E-state index contributed by atoms with van der Waals surface area (Å²) in [7, 11) is 0. The number of nitrogens with zero attached hydrogens (tertiary/aromatic N) is 1. The number of aliphatic carboxylic acids is 1. The Hall–Kier alpha value is -3.32. The molecule has 1 saturated heterocycles. The van der Waals surface area contributed by atoms with Gasteiger partial charge in [0.2, 0.25) is 5.91 Å². The number of fused-ring (bicyclic) bond motifs is 1. The van der Waals surface area contributed by atoms with Crippen molar-refractivity contribution in [3.63, 3.8) is 0 Å². The van der Waals surface area contributed by atoms with Crippen molar-refractivity contribution in [1.29, 1.82) is 0 Å². The Kier molecular flexibility index (Phi) is 6.36. The van der Waals surface area contributed by atoms with Crippen LogP contribution < -0.4 is 11.1 Å². The van der Waals surface area contributed by atoms with Crippen molar-refractivity contribution < 1.29 is 43.0 Å². The predicted molar refractivity (Wildman–Crippen MR) is 103 cm³/mol. The van der Waals surface area contributed by atoms with Gasteiger partial charge in [-0.1, -0.05) is 0 Å². The van der Waals surface area contributed by atoms with E-state index in [0.29, 0.717) is 5.76 Å². The van der Waals surface area contributed by atoms with Gasteiger partial charge in [0, 0.05) is 18.2 Å². The minimum atomic E-state index is -2.13. The van der Waals surface area contributed by atoms with E-state index in [1.165, 1.54) is 13.2 Å². The fraction of sp³-hybridized carbons (Fsp3) is 0.389. The molecule has 0 unspecified atom stereocenters. The summed E-state index contributed by atoms with van der Waals surface area (Å²) in [6.45, 7) is 0.293. The fourth-order valence-corrected chi connectivity index (χ4v) is 4.54. The van der Waals surface area contributed by atoms with Crippen molar-refractivity contribution in [3.8, 4) is 0 Å². The molecule has 2 aliphatic heterocycles. The van der Waals surface area contributed by atoms with Crippen molar-refractivity contribution in [3.05, 3.63) is 35.4 Å². The van der Waals surface area contributed by atoms with Crippen molar-refractivity contribution >= 4 is 41.5 Å². The van der Waals surface area contributed by atoms with Gasteiger partial charge in [0.05, 0.1) is 19.2 Å². The molecule has 1 fully saturated rings. The molecule has 2 amide bonds. The number of esters is 2. The van der Waals surface area contributed by atoms with Gasteiger partial charge >= 0.3 is 17.9 Å². The van der Waals surface area contributed by atoms with Gasteiger partial charge in [-0.3, -0.25) is 24.1 Å². The smallest absolute Gasteiger partial charge is 0.352 e. The highest BCUT2D eigenvalue weighted by Gasteiger charge is 2.68. The SMILES string of the molecule is CC(=O)OCC1=C(C(=O)O)N2C(=O)[C@](NC(=O)Cc3ccco3)(OC(=O)CN)[C@H]2SC1. The van der Waals surface area contributed by atoms with Gasteiger partial charge in [0.1, 0.15) is 18.1 Å². The summed E-state index contributed by atoms with van der Waals surface area (Å²) in [5.74, 6) is -4.28. The van der Waals surface area contributed by atoms with Crippen LogP contribution in [0.15, 0.2) is 34.1 Å². The highest BCUT2D eigenvalue weighted by molar-refractivity contribution is 8.00. The third-order valence-electron chi connectivity index (χ3n) is 4.44. The summed E-state index contributed by atoms with van der Waals surface area (Å²) in [5.41, 5.74) is 2.96. The average molecular weight is 453 g/mol. The predicted octanol–water partition coefficient (Wildman–Crippen LogP) is -1.05. The number of β-lactam (4-membered cyclic amide) rings is 1. The first-order valence-electron chi connectivity index (χ1n) is 8.98. The van der Waals surface area contributed by atoms with Crippen LogP contribution in [-0.2, 0) is 39.9 Å². The number of furan rings is 1. The number of amides is 2. The van der Waals surface area contributed by atoms with E-state index in [1.54, 1.807) is 12.1 Å². The van der Waals surface area contributed by atoms with E-state index in [0.717, 1.165) is 16.7 Å². The van der Waals surface area contributed by atoms with E-state index in [9.17, 15) is 29.1 Å². The number of carbonyl (C=O) groups is 5. The zero-order valence-electron chi connectivity index (χ0n) is 16.3. The fourth-order valence-electron chi connectivity index (χ4n) is 3.17. The molecule has 166 valence electrons. The largest absolute Gasteiger partial charge is 0.477 e. The molecule has 1 aromatic heterocycles. The van der Waals surface area contributed by atoms with Gasteiger partial charge in [-0.15, -0.1) is 11.8 Å². The van der Waals surface area contributed by atoms with Crippen LogP contribution in [0.25, 0.3) is 0 Å². The van der Waals surface area contributed by atoms with Crippen molar-refractivity contribution in [2.24, 2.45) is 5.73 Å². The molecule has 12 nitrogen and oxygen atoms in total. The van der Waals surface area contributed by atoms with Crippen molar-refractivity contribution in [2.75, 3.05) is 18.9 Å². The maximum Gasteiger partial charge on any atom is 0.352 e. The lowest BCUT2D eigenvalue weighted by atomic mass is 9.97. The normalized spacial score (nSPS) is 22.3. The Morgan fingerprint density at radius 1 is 1.42 bits per heavy atom. The van der Waals surface area contributed by atoms with Crippen LogP contribution in [0.3, 0.4) is 0 Å². The Balaban J connectivity index is 1.89. The number of carbonyl (C=O) groups excluding carboxylic acids is 4. The lowest BCUT2D eigenvalue weighted by molar-refractivity contribution is -0.202. The number of ether oxygens (including phenoxy) is 2. The van der Waals surface area contributed by atoms with E-state index in [2.05, 4.69) is 5.32 Å². The van der Waals surface area contributed by atoms with Gasteiger partial charge in [0.15, 0.2) is 5.37 Å². The molecule has 2 atom stereocenters. The summed E-state index contributed by atoms with van der Waals surface area (Å²) in [4.78, 5) is 61.3. The van der Waals surface area contributed by atoms with Crippen LogP contribution in [0.5, 0.6) is 0 Å². The third kappa shape index (κ3) is 4.27. The number of carboxylic acid groups (broad SMARTS) is 1. The summed E-state index contributed by atoms with van der Waals surface area (Å²) in [6.07, 6.45) is 1.13. The molecular weight excluding hydrogens is 434 g/mol. The van der Waals surface area contributed by atoms with Crippen LogP contribution in [0.1, 0.15) is 12.7 Å². The van der Waals surface area contributed by atoms with Gasteiger partial charge in [-0.05, 0) is 12.1 Å². The van der Waals surface area contributed by atoms with Crippen LogP contribution in [-0.4, -0.2) is 69.7 Å². The standard InChI is InChI=1S/C18H19N3O9S/c1-9(22)29-7-10-8-31-17-18(30-13(24)6-19,16(27)21(17)14(10)15(25)26)20-12(23)5-11-3-2-4-28-11/h2-4,17H,5-8,19H2,1H3,(H,20,23)(H,25,26)/t17-,18+/m1/s1. The van der Waals surface area contributed by atoms with Gasteiger partial charge in [-0.2, -0.15) is 0 Å². The second kappa shape index (κ2) is 8.81. The molecule has 13 heteroatoms. The molecule has 0 spiro atoms. The molecule has 0 bridgehead atoms. The summed E-state index contributed by atoms with van der Waals surface area (Å²) in [5, 5.41) is 11.0. The lowest BCUT2D eigenvalue weighted by Gasteiger charge is -2.55. The first kappa shape index (κ1) is 22.4. The van der Waals surface area contributed by atoms with Crippen LogP contribution in [0.2, 0.25) is 0 Å².